The van der Waals surface area contributed by atoms with E-state index in [1.165, 1.54) is 5.56 Å². The molecule has 0 unspecified atom stereocenters. The maximum Gasteiger partial charge on any atom is 0.0802 e. The Morgan fingerprint density at radius 3 is 1.88 bits per heavy atom. The molecule has 0 radical (unpaired) electrons. The van der Waals surface area contributed by atoms with Gasteiger partial charge in [0, 0.05) is 19.6 Å². The highest BCUT2D eigenvalue weighted by Gasteiger charge is 2.51. The lowest BCUT2D eigenvalue weighted by atomic mass is 9.74. The Labute approximate surface area is 154 Å². The van der Waals surface area contributed by atoms with Gasteiger partial charge in [-0.2, -0.15) is 10.2 Å². The molecule has 0 spiro atoms. The van der Waals surface area contributed by atoms with E-state index in [0.717, 1.165) is 50.9 Å². The largest absolute Gasteiger partial charge is 0.276 e. The molecule has 2 aromatic rings. The summed E-state index contributed by atoms with van der Waals surface area (Å²) in [6, 6.07) is 20.7. The first-order valence-electron chi connectivity index (χ1n) is 9.20. The number of nitrogens with zero attached hydrogens (tertiary/aromatic N) is 5. The van der Waals surface area contributed by atoms with Crippen molar-refractivity contribution in [1.82, 2.24) is 14.7 Å². The van der Waals surface area contributed by atoms with Crippen molar-refractivity contribution in [2.45, 2.75) is 0 Å². The fraction of sp³-hybridized carbons (Fsp3) is 0.333. The monoisotopic (exact) mass is 345 g/mol. The first-order valence-corrected chi connectivity index (χ1v) is 9.20. The van der Waals surface area contributed by atoms with Gasteiger partial charge in [-0.05, 0) is 11.1 Å². The number of hydrogen-bond acceptors (Lipinski definition) is 5. The highest BCUT2D eigenvalue weighted by molar-refractivity contribution is 6.05. The second-order valence-electron chi connectivity index (χ2n) is 7.66. The lowest BCUT2D eigenvalue weighted by molar-refractivity contribution is -0.149. The predicted molar refractivity (Wildman–Crippen MR) is 104 cm³/mol. The second kappa shape index (κ2) is 6.43. The van der Waals surface area contributed by atoms with E-state index >= 15 is 0 Å². The standard InChI is InChI=1S/C21H23N5/c1-3-7-18(8-4-1)11-22-23-20(19-9-5-2-6-10-19)21-12-24-15-25(13-21)17-26(14-21)16-24/h1-11H,12-17H2/b22-11+,23-20-. The highest BCUT2D eigenvalue weighted by Crippen LogP contribution is 2.38. The predicted octanol–water partition coefficient (Wildman–Crippen LogP) is 2.32. The Balaban J connectivity index is 1.53. The Kier molecular flexibility index (Phi) is 3.93. The minimum absolute atomic E-state index is 0.0319. The maximum absolute atomic E-state index is 4.79. The molecule has 26 heavy (non-hydrogen) atoms. The van der Waals surface area contributed by atoms with Gasteiger partial charge >= 0.3 is 0 Å². The molecule has 5 heteroatoms. The summed E-state index contributed by atoms with van der Waals surface area (Å²) >= 11 is 0. The molecule has 0 amide bonds. The topological polar surface area (TPSA) is 34.4 Å². The molecule has 4 heterocycles. The van der Waals surface area contributed by atoms with Crippen LogP contribution in [0, 0.1) is 5.41 Å². The summed E-state index contributed by atoms with van der Waals surface area (Å²) < 4.78 is 0. The highest BCUT2D eigenvalue weighted by atomic mass is 15.5. The number of rotatable bonds is 4. The van der Waals surface area contributed by atoms with Crippen LogP contribution in [0.15, 0.2) is 70.9 Å². The minimum Gasteiger partial charge on any atom is -0.276 e. The van der Waals surface area contributed by atoms with Crippen molar-refractivity contribution in [2.24, 2.45) is 15.6 Å². The summed E-state index contributed by atoms with van der Waals surface area (Å²) in [5.74, 6) is 0. The van der Waals surface area contributed by atoms with Crippen LogP contribution in [0.25, 0.3) is 0 Å². The molecule has 132 valence electrons. The summed E-state index contributed by atoms with van der Waals surface area (Å²) in [6.07, 6.45) is 1.85. The first-order chi connectivity index (χ1) is 12.8. The lowest BCUT2D eigenvalue weighted by Gasteiger charge is -2.60. The van der Waals surface area contributed by atoms with Gasteiger partial charge in [0.05, 0.1) is 37.3 Å². The van der Waals surface area contributed by atoms with E-state index in [0.29, 0.717) is 0 Å². The molecular weight excluding hydrogens is 322 g/mol. The van der Waals surface area contributed by atoms with Gasteiger partial charge in [0.2, 0.25) is 0 Å². The van der Waals surface area contributed by atoms with E-state index < -0.39 is 0 Å². The smallest absolute Gasteiger partial charge is 0.0802 e. The van der Waals surface area contributed by atoms with Gasteiger partial charge in [-0.3, -0.25) is 14.7 Å². The van der Waals surface area contributed by atoms with Crippen molar-refractivity contribution >= 4 is 11.9 Å². The molecule has 4 fully saturated rings. The molecule has 4 aliphatic heterocycles. The summed E-state index contributed by atoms with van der Waals surface area (Å²) in [5.41, 5.74) is 3.41. The van der Waals surface area contributed by atoms with E-state index in [1.807, 2.05) is 24.4 Å². The van der Waals surface area contributed by atoms with Crippen molar-refractivity contribution in [3.63, 3.8) is 0 Å². The van der Waals surface area contributed by atoms with E-state index in [4.69, 9.17) is 5.10 Å². The zero-order chi connectivity index (χ0) is 17.4. The van der Waals surface area contributed by atoms with Crippen LogP contribution >= 0.6 is 0 Å². The summed E-state index contributed by atoms with van der Waals surface area (Å²) in [6.45, 7) is 6.42. The molecule has 2 aromatic carbocycles. The van der Waals surface area contributed by atoms with Crippen molar-refractivity contribution < 1.29 is 0 Å². The molecule has 4 bridgehead atoms. The SMILES string of the molecule is C(=N\N=C(\c1ccccc1)C12CN3CN(CN(C3)C1)C2)/c1ccccc1. The number of benzene rings is 2. The third-order valence-electron chi connectivity index (χ3n) is 5.49. The van der Waals surface area contributed by atoms with Gasteiger partial charge in [0.25, 0.3) is 0 Å². The molecule has 4 aliphatic rings. The van der Waals surface area contributed by atoms with Crippen molar-refractivity contribution in [1.29, 1.82) is 0 Å². The van der Waals surface area contributed by atoms with Crippen LogP contribution in [0.4, 0.5) is 0 Å². The molecular formula is C21H23N5. The molecule has 5 nitrogen and oxygen atoms in total. The van der Waals surface area contributed by atoms with Crippen LogP contribution in [0.5, 0.6) is 0 Å². The quantitative estimate of drug-likeness (QED) is 0.630. The summed E-state index contributed by atoms with van der Waals surface area (Å²) in [4.78, 5) is 7.57. The minimum atomic E-state index is 0.0319. The Hall–Kier alpha value is -2.34. The van der Waals surface area contributed by atoms with E-state index in [2.05, 4.69) is 62.3 Å². The summed E-state index contributed by atoms with van der Waals surface area (Å²) in [7, 11) is 0. The third kappa shape index (κ3) is 2.88. The van der Waals surface area contributed by atoms with Crippen molar-refractivity contribution in [2.75, 3.05) is 39.6 Å². The normalized spacial score (nSPS) is 33.1. The van der Waals surface area contributed by atoms with Crippen molar-refractivity contribution in [3.8, 4) is 0 Å². The lowest BCUT2D eigenvalue weighted by Crippen LogP contribution is -2.74. The molecule has 0 aliphatic carbocycles. The van der Waals surface area contributed by atoms with Gasteiger partial charge in [-0.15, -0.1) is 0 Å². The Bertz CT molecular complexity index is 793. The molecule has 6 rings (SSSR count). The van der Waals surface area contributed by atoms with Crippen LogP contribution < -0.4 is 0 Å². The third-order valence-corrected chi connectivity index (χ3v) is 5.49. The fourth-order valence-electron chi connectivity index (χ4n) is 4.70. The van der Waals surface area contributed by atoms with E-state index in [-0.39, 0.29) is 5.41 Å². The van der Waals surface area contributed by atoms with Gasteiger partial charge in [-0.1, -0.05) is 60.7 Å². The van der Waals surface area contributed by atoms with Gasteiger partial charge in [0.1, 0.15) is 0 Å². The molecule has 0 N–H and O–H groups in total. The Morgan fingerprint density at radius 2 is 1.31 bits per heavy atom. The zero-order valence-electron chi connectivity index (χ0n) is 14.8. The van der Waals surface area contributed by atoms with Crippen LogP contribution in [0.1, 0.15) is 11.1 Å². The molecule has 4 saturated heterocycles. The zero-order valence-corrected chi connectivity index (χ0v) is 14.8. The average Bonchev–Trinajstić information content (AvgIpc) is 2.65. The molecule has 0 aromatic heterocycles. The van der Waals surface area contributed by atoms with Gasteiger partial charge in [0.15, 0.2) is 0 Å². The number of hydrogen-bond donors (Lipinski definition) is 0. The van der Waals surface area contributed by atoms with E-state index in [9.17, 15) is 0 Å². The van der Waals surface area contributed by atoms with E-state index in [1.54, 1.807) is 0 Å². The van der Waals surface area contributed by atoms with Crippen LogP contribution in [-0.4, -0.2) is 66.3 Å². The maximum atomic E-state index is 4.79. The average molecular weight is 345 g/mol. The van der Waals surface area contributed by atoms with Crippen LogP contribution in [0.3, 0.4) is 0 Å². The fourth-order valence-corrected chi connectivity index (χ4v) is 4.70. The van der Waals surface area contributed by atoms with Crippen LogP contribution in [-0.2, 0) is 0 Å². The second-order valence-corrected chi connectivity index (χ2v) is 7.66. The Morgan fingerprint density at radius 1 is 0.769 bits per heavy atom. The first kappa shape index (κ1) is 15.9. The van der Waals surface area contributed by atoms with Gasteiger partial charge < -0.3 is 0 Å². The molecule has 0 atom stereocenters. The molecule has 0 saturated carbocycles. The van der Waals surface area contributed by atoms with Crippen molar-refractivity contribution in [3.05, 3.63) is 71.8 Å². The summed E-state index contributed by atoms with van der Waals surface area (Å²) in [5, 5.41) is 9.27. The van der Waals surface area contributed by atoms with Gasteiger partial charge in [-0.25, -0.2) is 0 Å². The van der Waals surface area contributed by atoms with Crippen LogP contribution in [0.2, 0.25) is 0 Å².